The third kappa shape index (κ3) is 2.41. The van der Waals surface area contributed by atoms with Crippen LogP contribution in [-0.2, 0) is 11.8 Å². The number of nitrogens with one attached hydrogen (secondary N) is 1. The van der Waals surface area contributed by atoms with Crippen molar-refractivity contribution in [2.45, 2.75) is 25.2 Å². The minimum atomic E-state index is -0.306. The first kappa shape index (κ1) is 16.2. The molecule has 7 nitrogen and oxygen atoms in total. The number of likely N-dealkylation sites (tertiary alicyclic amines) is 1. The maximum atomic E-state index is 13.0. The van der Waals surface area contributed by atoms with Gasteiger partial charge in [-0.2, -0.15) is 5.10 Å². The van der Waals surface area contributed by atoms with Gasteiger partial charge >= 0.3 is 0 Å². The van der Waals surface area contributed by atoms with Crippen molar-refractivity contribution < 1.29 is 4.79 Å². The lowest BCUT2D eigenvalue weighted by atomic mass is 9.93. The Bertz CT molecular complexity index is 1100. The van der Waals surface area contributed by atoms with E-state index in [9.17, 15) is 9.59 Å². The van der Waals surface area contributed by atoms with Gasteiger partial charge in [0.1, 0.15) is 11.2 Å². The zero-order valence-corrected chi connectivity index (χ0v) is 15.3. The fraction of sp³-hybridized carbons (Fsp3) is 0.400. The van der Waals surface area contributed by atoms with Crippen LogP contribution in [0.4, 0.5) is 0 Å². The van der Waals surface area contributed by atoms with Crippen LogP contribution in [-0.4, -0.2) is 43.6 Å². The molecule has 0 bridgehead atoms. The molecule has 2 atom stereocenters. The third-order valence-electron chi connectivity index (χ3n) is 6.10. The molecule has 0 unspecified atom stereocenters. The summed E-state index contributed by atoms with van der Waals surface area (Å²) in [6.07, 6.45) is 2.42. The number of aryl methyl sites for hydroxylation is 1. The van der Waals surface area contributed by atoms with E-state index in [0.29, 0.717) is 35.9 Å². The number of hydrogen-bond donors (Lipinski definition) is 1. The van der Waals surface area contributed by atoms with Gasteiger partial charge in [0, 0.05) is 20.1 Å². The van der Waals surface area contributed by atoms with Gasteiger partial charge < -0.3 is 9.88 Å². The SMILES string of the molecule is Cn1ncc2c(=O)[nH]c(C3CN(C(=O)[C@]4(C)C[C@H]4c4ccccc4)C3)nc21. The fourth-order valence-corrected chi connectivity index (χ4v) is 4.19. The second-order valence-electron chi connectivity index (χ2n) is 7.95. The van der Waals surface area contributed by atoms with Crippen LogP contribution in [0.25, 0.3) is 11.0 Å². The number of rotatable bonds is 3. The highest BCUT2D eigenvalue weighted by atomic mass is 16.2. The minimum Gasteiger partial charge on any atom is -0.341 e. The van der Waals surface area contributed by atoms with E-state index in [1.807, 2.05) is 23.1 Å². The maximum absolute atomic E-state index is 13.0. The van der Waals surface area contributed by atoms with Crippen LogP contribution in [0.3, 0.4) is 0 Å². The van der Waals surface area contributed by atoms with Crippen molar-refractivity contribution in [2.24, 2.45) is 12.5 Å². The number of aromatic nitrogens is 4. The zero-order valence-electron chi connectivity index (χ0n) is 15.3. The van der Waals surface area contributed by atoms with Crippen molar-refractivity contribution in [2.75, 3.05) is 13.1 Å². The quantitative estimate of drug-likeness (QED) is 0.769. The lowest BCUT2D eigenvalue weighted by Gasteiger charge is -2.40. The Labute approximate surface area is 156 Å². The van der Waals surface area contributed by atoms with Crippen molar-refractivity contribution in [3.05, 3.63) is 58.3 Å². The third-order valence-corrected chi connectivity index (χ3v) is 6.10. The molecule has 0 radical (unpaired) electrons. The molecule has 2 aliphatic rings. The predicted octanol–water partition coefficient (Wildman–Crippen LogP) is 1.78. The first-order chi connectivity index (χ1) is 13.0. The van der Waals surface area contributed by atoms with E-state index in [2.05, 4.69) is 34.1 Å². The van der Waals surface area contributed by atoms with Gasteiger partial charge in [-0.05, 0) is 17.9 Å². The molecule has 1 saturated carbocycles. The number of carbonyl (C=O) groups excluding carboxylic acids is 1. The summed E-state index contributed by atoms with van der Waals surface area (Å²) in [5, 5.41) is 4.58. The number of amides is 1. The van der Waals surface area contributed by atoms with E-state index in [1.54, 1.807) is 11.7 Å². The van der Waals surface area contributed by atoms with E-state index in [0.717, 1.165) is 6.42 Å². The average Bonchev–Trinajstić information content (AvgIpc) is 3.19. The minimum absolute atomic E-state index is 0.0680. The molecule has 5 rings (SSSR count). The summed E-state index contributed by atoms with van der Waals surface area (Å²) in [6.45, 7) is 3.26. The van der Waals surface area contributed by atoms with Crippen molar-refractivity contribution in [3.63, 3.8) is 0 Å². The van der Waals surface area contributed by atoms with Gasteiger partial charge in [-0.3, -0.25) is 14.3 Å². The topological polar surface area (TPSA) is 83.9 Å². The smallest absolute Gasteiger partial charge is 0.262 e. The molecule has 7 heteroatoms. The number of hydrogen-bond acceptors (Lipinski definition) is 4. The van der Waals surface area contributed by atoms with Gasteiger partial charge in [0.25, 0.3) is 5.56 Å². The number of aromatic amines is 1. The number of H-pyrrole nitrogens is 1. The lowest BCUT2D eigenvalue weighted by Crippen LogP contribution is -2.51. The van der Waals surface area contributed by atoms with E-state index >= 15 is 0 Å². The molecule has 0 spiro atoms. The molecule has 1 N–H and O–H groups in total. The number of benzene rings is 1. The molecule has 1 aliphatic heterocycles. The Balaban J connectivity index is 1.31. The largest absolute Gasteiger partial charge is 0.341 e. The van der Waals surface area contributed by atoms with Crippen LogP contribution in [0.2, 0.25) is 0 Å². The van der Waals surface area contributed by atoms with E-state index in [4.69, 9.17) is 0 Å². The highest BCUT2D eigenvalue weighted by Crippen LogP contribution is 2.60. The van der Waals surface area contributed by atoms with Crippen molar-refractivity contribution in [1.29, 1.82) is 0 Å². The van der Waals surface area contributed by atoms with Crippen LogP contribution in [0.1, 0.15) is 36.6 Å². The molecule has 138 valence electrons. The fourth-order valence-electron chi connectivity index (χ4n) is 4.19. The number of nitrogens with zero attached hydrogens (tertiary/aromatic N) is 4. The van der Waals surface area contributed by atoms with E-state index in [-0.39, 0.29) is 22.8 Å². The first-order valence-electron chi connectivity index (χ1n) is 9.23. The molecule has 3 aromatic rings. The molecule has 1 saturated heterocycles. The van der Waals surface area contributed by atoms with Gasteiger partial charge in [0.2, 0.25) is 5.91 Å². The second kappa shape index (κ2) is 5.52. The summed E-state index contributed by atoms with van der Waals surface area (Å²) in [7, 11) is 1.77. The van der Waals surface area contributed by atoms with Gasteiger partial charge in [-0.1, -0.05) is 37.3 Å². The van der Waals surface area contributed by atoms with Gasteiger partial charge in [-0.15, -0.1) is 0 Å². The average molecular weight is 363 g/mol. The number of fused-ring (bicyclic) bond motifs is 1. The zero-order chi connectivity index (χ0) is 18.8. The van der Waals surface area contributed by atoms with Crippen LogP contribution in [0.5, 0.6) is 0 Å². The summed E-state index contributed by atoms with van der Waals surface area (Å²) < 4.78 is 1.60. The molecule has 1 aliphatic carbocycles. The molecule has 2 aromatic heterocycles. The maximum Gasteiger partial charge on any atom is 0.262 e. The van der Waals surface area contributed by atoms with Gasteiger partial charge in [0.05, 0.1) is 17.5 Å². The lowest BCUT2D eigenvalue weighted by molar-refractivity contribution is -0.141. The van der Waals surface area contributed by atoms with Crippen molar-refractivity contribution in [3.8, 4) is 0 Å². The van der Waals surface area contributed by atoms with Crippen molar-refractivity contribution >= 4 is 16.9 Å². The summed E-state index contributed by atoms with van der Waals surface area (Å²) >= 11 is 0. The highest BCUT2D eigenvalue weighted by molar-refractivity contribution is 5.88. The Hall–Kier alpha value is -2.96. The normalized spacial score (nSPS) is 24.8. The van der Waals surface area contributed by atoms with E-state index < -0.39 is 0 Å². The standard InChI is InChI=1S/C20H21N5O2/c1-20(8-15(20)12-6-4-3-5-7-12)19(27)25-10-13(11-25)16-22-17-14(18(26)23-16)9-21-24(17)2/h3-7,9,13,15H,8,10-11H2,1-2H3,(H,22,23,26)/t15-,20+/m0/s1. The Morgan fingerprint density at radius 3 is 2.74 bits per heavy atom. The first-order valence-corrected chi connectivity index (χ1v) is 9.23. The Morgan fingerprint density at radius 1 is 1.26 bits per heavy atom. The van der Waals surface area contributed by atoms with Crippen LogP contribution >= 0.6 is 0 Å². The van der Waals surface area contributed by atoms with Crippen LogP contribution in [0.15, 0.2) is 41.3 Å². The van der Waals surface area contributed by atoms with E-state index in [1.165, 1.54) is 11.8 Å². The monoisotopic (exact) mass is 363 g/mol. The molecular weight excluding hydrogens is 342 g/mol. The molecule has 27 heavy (non-hydrogen) atoms. The second-order valence-corrected chi connectivity index (χ2v) is 7.95. The molecule has 2 fully saturated rings. The highest BCUT2D eigenvalue weighted by Gasteiger charge is 2.59. The Morgan fingerprint density at radius 2 is 2.00 bits per heavy atom. The molecular formula is C20H21N5O2. The van der Waals surface area contributed by atoms with Gasteiger partial charge in [0.15, 0.2) is 5.65 Å². The molecule has 1 amide bonds. The summed E-state index contributed by atoms with van der Waals surface area (Å²) in [5.41, 5.74) is 1.33. The number of carbonyl (C=O) groups is 1. The van der Waals surface area contributed by atoms with Crippen molar-refractivity contribution in [1.82, 2.24) is 24.6 Å². The van der Waals surface area contributed by atoms with Crippen LogP contribution < -0.4 is 5.56 Å². The van der Waals surface area contributed by atoms with Crippen LogP contribution in [0, 0.1) is 5.41 Å². The summed E-state index contributed by atoms with van der Waals surface area (Å²) in [4.78, 5) is 34.5. The Kier molecular flexibility index (Phi) is 3.32. The van der Waals surface area contributed by atoms with Gasteiger partial charge in [-0.25, -0.2) is 4.98 Å². The molecule has 3 heterocycles. The summed E-state index contributed by atoms with van der Waals surface area (Å²) in [6, 6.07) is 10.2. The molecule has 1 aromatic carbocycles. The predicted molar refractivity (Wildman–Crippen MR) is 100 cm³/mol. The summed E-state index contributed by atoms with van der Waals surface area (Å²) in [5.74, 6) is 1.21.